The van der Waals surface area contributed by atoms with Crippen LogP contribution in [0.1, 0.15) is 86.2 Å². The quantitative estimate of drug-likeness (QED) is 0.280. The maximum Gasteiger partial charge on any atom is 0.263 e. The van der Waals surface area contributed by atoms with E-state index in [9.17, 15) is 13.8 Å². The lowest BCUT2D eigenvalue weighted by Gasteiger charge is -2.48. The second-order valence-corrected chi connectivity index (χ2v) is 18.5. The number of aldehydes is 1. The Balaban J connectivity index is 1.14. The van der Waals surface area contributed by atoms with Gasteiger partial charge in [0.25, 0.3) is 5.91 Å². The molecule has 8 unspecified atom stereocenters. The number of nitrogens with zero attached hydrogens (tertiary/aromatic N) is 3. The van der Waals surface area contributed by atoms with Crippen LogP contribution in [0.25, 0.3) is 0 Å². The summed E-state index contributed by atoms with van der Waals surface area (Å²) >= 11 is 6.51. The highest BCUT2D eigenvalue weighted by atomic mass is 35.5. The van der Waals surface area contributed by atoms with Crippen LogP contribution in [0, 0.1) is 23.7 Å². The van der Waals surface area contributed by atoms with Crippen molar-refractivity contribution in [2.75, 3.05) is 57.3 Å². The van der Waals surface area contributed by atoms with Gasteiger partial charge in [0.2, 0.25) is 0 Å². The molecule has 2 aliphatic carbocycles. The first-order chi connectivity index (χ1) is 25.3. The fourth-order valence-corrected chi connectivity index (χ4v) is 11.9. The summed E-state index contributed by atoms with van der Waals surface area (Å²) in [5.41, 5.74) is 3.85. The largest absolute Gasteiger partial charge is 0.490 e. The van der Waals surface area contributed by atoms with Crippen molar-refractivity contribution in [3.8, 4) is 5.75 Å². The molecule has 0 aromatic heterocycles. The van der Waals surface area contributed by atoms with Gasteiger partial charge in [-0.05, 0) is 123 Å². The Hall–Kier alpha value is -2.72. The van der Waals surface area contributed by atoms with Gasteiger partial charge in [-0.1, -0.05) is 43.2 Å². The van der Waals surface area contributed by atoms with Gasteiger partial charge < -0.3 is 14.4 Å². The Morgan fingerprint density at radius 1 is 1.06 bits per heavy atom. The molecule has 1 saturated carbocycles. The Morgan fingerprint density at radius 2 is 1.96 bits per heavy atom. The monoisotopic (exact) mass is 746 g/mol. The molecule has 2 aromatic rings. The molecule has 280 valence electrons. The number of carbonyl (C=O) groups excluding carboxylic acids is 2. The number of piperidine rings is 1. The molecule has 1 amide bonds. The first-order valence-electron chi connectivity index (χ1n) is 19.9. The second-order valence-electron chi connectivity index (χ2n) is 16.7. The molecular weight excluding hydrogens is 692 g/mol. The molecule has 10 heteroatoms. The van der Waals surface area contributed by atoms with Crippen LogP contribution in [-0.2, 0) is 27.6 Å². The van der Waals surface area contributed by atoms with E-state index in [0.29, 0.717) is 36.0 Å². The molecule has 8 rings (SSSR count). The number of carbonyl (C=O) groups is 2. The molecule has 2 saturated heterocycles. The fraction of sp³-hybridized carbons (Fsp3) is 0.619. The number of anilines is 1. The van der Waals surface area contributed by atoms with Crippen molar-refractivity contribution in [3.63, 3.8) is 0 Å². The summed E-state index contributed by atoms with van der Waals surface area (Å²) in [7, 11) is -1.71. The van der Waals surface area contributed by atoms with Crippen LogP contribution < -0.4 is 14.4 Å². The summed E-state index contributed by atoms with van der Waals surface area (Å²) in [5, 5.41) is 0.312. The van der Waals surface area contributed by atoms with Gasteiger partial charge in [-0.15, -0.1) is 0 Å². The molecule has 3 fully saturated rings. The second kappa shape index (κ2) is 15.6. The van der Waals surface area contributed by atoms with Crippen LogP contribution in [0.15, 0.2) is 48.6 Å². The minimum Gasteiger partial charge on any atom is -0.490 e. The van der Waals surface area contributed by atoms with Crippen LogP contribution in [0.5, 0.6) is 5.75 Å². The molecule has 6 aliphatic rings. The number of piperazine rings is 1. The molecular formula is C42H55ClN4O4S. The van der Waals surface area contributed by atoms with Gasteiger partial charge >= 0.3 is 0 Å². The Kier molecular flexibility index (Phi) is 10.9. The molecule has 4 heterocycles. The van der Waals surface area contributed by atoms with E-state index in [1.165, 1.54) is 56.3 Å². The van der Waals surface area contributed by atoms with Crippen molar-refractivity contribution < 1.29 is 18.5 Å². The number of hydrogen-bond donors (Lipinski definition) is 1. The Bertz CT molecular complexity index is 1700. The van der Waals surface area contributed by atoms with Crippen LogP contribution in [-0.4, -0.2) is 89.9 Å². The number of allylic oxidation sites excluding steroid dienone is 1. The van der Waals surface area contributed by atoms with Gasteiger partial charge in [0.15, 0.2) is 0 Å². The Labute approximate surface area is 317 Å². The topological polar surface area (TPSA) is 82.2 Å². The predicted molar refractivity (Wildman–Crippen MR) is 209 cm³/mol. The standard InChI is InChI=1S/C42H55ClN4O4S/c1-29-6-4-7-32(24-45-19-20-46-18-3-2-9-35(46)26-45)36-13-10-33(36)25-47-27-42(17-5-8-30-22-34(43)12-14-37(30)42)28-51-39-15-11-31(23-38(39)47)41(49)44-52(50)40(29)16-21-48/h4,7,11-12,14-15,21-23,29,32-33,35-36,40H,2-3,5-6,8-10,13,16-20,24-28H2,1H3,(H,44,49)/b7-4+. The van der Waals surface area contributed by atoms with E-state index < -0.39 is 16.2 Å². The van der Waals surface area contributed by atoms with E-state index in [0.717, 1.165) is 81.2 Å². The van der Waals surface area contributed by atoms with Crippen LogP contribution >= 0.6 is 11.6 Å². The van der Waals surface area contributed by atoms with Gasteiger partial charge in [0.05, 0.1) is 17.5 Å². The summed E-state index contributed by atoms with van der Waals surface area (Å²) in [6.07, 6.45) is 16.0. The van der Waals surface area contributed by atoms with Crippen molar-refractivity contribution in [3.05, 3.63) is 70.3 Å². The van der Waals surface area contributed by atoms with Gasteiger partial charge in [-0.25, -0.2) is 4.21 Å². The molecule has 52 heavy (non-hydrogen) atoms. The van der Waals surface area contributed by atoms with Crippen LogP contribution in [0.4, 0.5) is 5.69 Å². The zero-order valence-corrected chi connectivity index (χ0v) is 32.2. The van der Waals surface area contributed by atoms with E-state index in [2.05, 4.69) is 50.6 Å². The number of benzene rings is 2. The molecule has 0 radical (unpaired) electrons. The lowest BCUT2D eigenvalue weighted by molar-refractivity contribution is -0.108. The average molecular weight is 747 g/mol. The Morgan fingerprint density at radius 3 is 2.81 bits per heavy atom. The van der Waals surface area contributed by atoms with E-state index in [4.69, 9.17) is 16.3 Å². The zero-order valence-electron chi connectivity index (χ0n) is 30.6. The number of ether oxygens (including phenoxy) is 1. The number of amides is 1. The van der Waals surface area contributed by atoms with Crippen LogP contribution in [0.2, 0.25) is 5.02 Å². The summed E-state index contributed by atoms with van der Waals surface area (Å²) in [5.74, 6) is 1.87. The highest BCUT2D eigenvalue weighted by molar-refractivity contribution is 7.84. The summed E-state index contributed by atoms with van der Waals surface area (Å²) in [6, 6.07) is 12.7. The summed E-state index contributed by atoms with van der Waals surface area (Å²) in [6.45, 7) is 10.1. The molecule has 4 aliphatic heterocycles. The average Bonchev–Trinajstić information content (AvgIpc) is 3.28. The molecule has 8 atom stereocenters. The van der Waals surface area contributed by atoms with E-state index in [-0.39, 0.29) is 23.7 Å². The number of halogens is 1. The number of aryl methyl sites for hydroxylation is 1. The first kappa shape index (κ1) is 36.3. The minimum atomic E-state index is -1.71. The van der Waals surface area contributed by atoms with E-state index in [1.54, 1.807) is 6.07 Å². The highest BCUT2D eigenvalue weighted by Gasteiger charge is 2.45. The van der Waals surface area contributed by atoms with Crippen molar-refractivity contribution in [1.82, 2.24) is 14.5 Å². The highest BCUT2D eigenvalue weighted by Crippen LogP contribution is 2.48. The maximum absolute atomic E-state index is 13.7. The third kappa shape index (κ3) is 7.36. The SMILES string of the molecule is CC1C/C=C/C(CN2CCN3CCCCC3C2)C2CCC2CN2CC3(CCCc4cc(Cl)ccc43)COc3ccc(cc32)C(=O)NS(=O)C1CC=O. The number of hydrogen-bond acceptors (Lipinski definition) is 7. The van der Waals surface area contributed by atoms with Crippen molar-refractivity contribution in [1.29, 1.82) is 0 Å². The number of fused-ring (bicyclic) bond motifs is 5. The summed E-state index contributed by atoms with van der Waals surface area (Å²) in [4.78, 5) is 33.5. The molecule has 2 aromatic carbocycles. The maximum atomic E-state index is 13.7. The van der Waals surface area contributed by atoms with Gasteiger partial charge in [-0.2, -0.15) is 0 Å². The zero-order chi connectivity index (χ0) is 35.8. The molecule has 8 nitrogen and oxygen atoms in total. The first-order valence-corrected chi connectivity index (χ1v) is 21.5. The predicted octanol–water partition coefficient (Wildman–Crippen LogP) is 6.57. The van der Waals surface area contributed by atoms with Gasteiger partial charge in [0, 0.05) is 67.7 Å². The van der Waals surface area contributed by atoms with E-state index >= 15 is 0 Å². The number of rotatable bonds is 4. The van der Waals surface area contributed by atoms with Crippen molar-refractivity contribution >= 4 is 40.5 Å². The van der Waals surface area contributed by atoms with Gasteiger partial charge in [0.1, 0.15) is 23.0 Å². The lowest BCUT2D eigenvalue weighted by atomic mass is 9.65. The third-order valence-corrected chi connectivity index (χ3v) is 15.3. The smallest absolute Gasteiger partial charge is 0.263 e. The molecule has 1 spiro atoms. The molecule has 1 N–H and O–H groups in total. The third-order valence-electron chi connectivity index (χ3n) is 13.5. The molecule has 2 bridgehead atoms. The van der Waals surface area contributed by atoms with Crippen LogP contribution in [0.3, 0.4) is 0 Å². The normalized spacial score (nSPS) is 34.8. The van der Waals surface area contributed by atoms with E-state index in [1.807, 2.05) is 18.2 Å². The summed E-state index contributed by atoms with van der Waals surface area (Å²) < 4.78 is 23.2. The number of nitrogens with one attached hydrogen (secondary N) is 1. The minimum absolute atomic E-state index is 0.0283. The van der Waals surface area contributed by atoms with Crippen molar-refractivity contribution in [2.24, 2.45) is 23.7 Å². The fourth-order valence-electron chi connectivity index (χ4n) is 10.4. The van der Waals surface area contributed by atoms with Crippen molar-refractivity contribution in [2.45, 2.75) is 87.8 Å². The lowest BCUT2D eigenvalue weighted by Crippen LogP contribution is -2.56. The van der Waals surface area contributed by atoms with Gasteiger partial charge in [-0.3, -0.25) is 19.3 Å².